The number of nitrogens with one attached hydrogen (secondary N) is 1. The monoisotopic (exact) mass is 264 g/mol. The number of thiocarbonyl (C=S) groups is 1. The molecular formula is C13H16N2O2S. The van der Waals surface area contributed by atoms with Crippen LogP contribution in [0.15, 0.2) is 18.2 Å². The topological polar surface area (TPSA) is 75.4 Å². The van der Waals surface area contributed by atoms with E-state index in [1.165, 1.54) is 0 Å². The normalized spacial score (nSPS) is 16.1. The Kier molecular flexibility index (Phi) is 3.52. The van der Waals surface area contributed by atoms with Crippen molar-refractivity contribution < 1.29 is 9.90 Å². The number of carbonyl (C=O) groups excluding carboxylic acids is 1. The molecule has 1 aliphatic carbocycles. The highest BCUT2D eigenvalue weighted by Gasteiger charge is 2.34. The fraction of sp³-hybridized carbons (Fsp3) is 0.385. The Morgan fingerprint density at radius 3 is 2.72 bits per heavy atom. The molecule has 1 unspecified atom stereocenters. The standard InChI is InChI=1S/C13H16N2O2S/c1-7-2-5-9(10(16)6-7)13(17)15-11(12(14)18)8-3-4-8/h2,5-6,8,11,16H,3-4H2,1H3,(H2,14,18)(H,15,17). The number of phenolic OH excluding ortho intramolecular Hbond substituents is 1. The predicted octanol–water partition coefficient (Wildman–Crippen LogP) is 1.50. The summed E-state index contributed by atoms with van der Waals surface area (Å²) in [7, 11) is 0. The first-order chi connectivity index (χ1) is 8.49. The van der Waals surface area contributed by atoms with Gasteiger partial charge in [0, 0.05) is 0 Å². The molecule has 1 saturated carbocycles. The molecule has 2 rings (SSSR count). The molecule has 1 aromatic rings. The van der Waals surface area contributed by atoms with Crippen LogP contribution in [-0.4, -0.2) is 22.0 Å². The zero-order valence-corrected chi connectivity index (χ0v) is 11.0. The van der Waals surface area contributed by atoms with Crippen LogP contribution in [-0.2, 0) is 0 Å². The van der Waals surface area contributed by atoms with Crippen LogP contribution in [0.4, 0.5) is 0 Å². The molecule has 0 bridgehead atoms. The number of amides is 1. The summed E-state index contributed by atoms with van der Waals surface area (Å²) in [5.74, 6) is -0.0128. The van der Waals surface area contributed by atoms with E-state index in [0.29, 0.717) is 10.9 Å². The number of phenols is 1. The molecule has 1 amide bonds. The molecule has 0 aromatic heterocycles. The first kappa shape index (κ1) is 12.8. The zero-order valence-electron chi connectivity index (χ0n) is 10.1. The lowest BCUT2D eigenvalue weighted by Crippen LogP contribution is -2.45. The van der Waals surface area contributed by atoms with Gasteiger partial charge in [0.2, 0.25) is 0 Å². The molecule has 4 N–H and O–H groups in total. The number of hydrogen-bond acceptors (Lipinski definition) is 3. The van der Waals surface area contributed by atoms with E-state index in [-0.39, 0.29) is 23.3 Å². The fourth-order valence-electron chi connectivity index (χ4n) is 1.90. The molecule has 0 spiro atoms. The van der Waals surface area contributed by atoms with Gasteiger partial charge in [-0.1, -0.05) is 18.3 Å². The number of carbonyl (C=O) groups is 1. The molecule has 0 saturated heterocycles. The van der Waals surface area contributed by atoms with Gasteiger partial charge in [-0.25, -0.2) is 0 Å². The van der Waals surface area contributed by atoms with Gasteiger partial charge in [-0.2, -0.15) is 0 Å². The largest absolute Gasteiger partial charge is 0.507 e. The number of nitrogens with two attached hydrogens (primary N) is 1. The van der Waals surface area contributed by atoms with Crippen LogP contribution >= 0.6 is 12.2 Å². The number of benzene rings is 1. The molecule has 18 heavy (non-hydrogen) atoms. The highest BCUT2D eigenvalue weighted by atomic mass is 32.1. The van der Waals surface area contributed by atoms with Crippen molar-refractivity contribution >= 4 is 23.1 Å². The van der Waals surface area contributed by atoms with Gasteiger partial charge >= 0.3 is 0 Å². The van der Waals surface area contributed by atoms with E-state index in [1.807, 2.05) is 6.92 Å². The molecule has 1 aromatic carbocycles. The molecule has 0 heterocycles. The summed E-state index contributed by atoms with van der Waals surface area (Å²) in [6, 6.07) is 4.67. The molecule has 4 nitrogen and oxygen atoms in total. The van der Waals surface area contributed by atoms with E-state index in [9.17, 15) is 9.90 Å². The molecule has 0 radical (unpaired) electrons. The maximum absolute atomic E-state index is 12.0. The van der Waals surface area contributed by atoms with E-state index < -0.39 is 0 Å². The Balaban J connectivity index is 2.13. The number of hydrogen-bond donors (Lipinski definition) is 3. The molecule has 96 valence electrons. The fourth-order valence-corrected chi connectivity index (χ4v) is 2.15. The van der Waals surface area contributed by atoms with Gasteiger partial charge in [-0.05, 0) is 43.4 Å². The lowest BCUT2D eigenvalue weighted by Gasteiger charge is -2.17. The van der Waals surface area contributed by atoms with Crippen LogP contribution in [0.2, 0.25) is 0 Å². The van der Waals surface area contributed by atoms with Crippen LogP contribution in [0.3, 0.4) is 0 Å². The Morgan fingerprint density at radius 1 is 1.56 bits per heavy atom. The summed E-state index contributed by atoms with van der Waals surface area (Å²) in [5, 5.41) is 12.5. The number of aryl methyl sites for hydroxylation is 1. The van der Waals surface area contributed by atoms with Crippen LogP contribution < -0.4 is 11.1 Å². The Bertz CT molecular complexity index is 498. The molecule has 1 atom stereocenters. The van der Waals surface area contributed by atoms with Gasteiger partial charge in [0.1, 0.15) is 5.75 Å². The third-order valence-corrected chi connectivity index (χ3v) is 3.34. The second kappa shape index (κ2) is 4.94. The average Bonchev–Trinajstić information content (AvgIpc) is 3.08. The summed E-state index contributed by atoms with van der Waals surface area (Å²) in [6.07, 6.45) is 2.06. The average molecular weight is 264 g/mol. The third kappa shape index (κ3) is 2.79. The van der Waals surface area contributed by atoms with Crippen molar-refractivity contribution in [3.8, 4) is 5.75 Å². The van der Waals surface area contributed by atoms with E-state index in [4.69, 9.17) is 18.0 Å². The highest BCUT2D eigenvalue weighted by Crippen LogP contribution is 2.33. The van der Waals surface area contributed by atoms with Crippen LogP contribution in [0.25, 0.3) is 0 Å². The van der Waals surface area contributed by atoms with E-state index in [1.54, 1.807) is 18.2 Å². The maximum Gasteiger partial charge on any atom is 0.255 e. The second-order valence-corrected chi connectivity index (χ2v) is 5.18. The molecule has 5 heteroatoms. The smallest absolute Gasteiger partial charge is 0.255 e. The quantitative estimate of drug-likeness (QED) is 0.720. The molecule has 1 fully saturated rings. The van der Waals surface area contributed by atoms with Gasteiger partial charge in [0.05, 0.1) is 16.6 Å². The summed E-state index contributed by atoms with van der Waals surface area (Å²) >= 11 is 4.96. The lowest BCUT2D eigenvalue weighted by atomic mass is 10.1. The highest BCUT2D eigenvalue weighted by molar-refractivity contribution is 7.80. The van der Waals surface area contributed by atoms with Crippen molar-refractivity contribution in [2.45, 2.75) is 25.8 Å². The van der Waals surface area contributed by atoms with Gasteiger partial charge < -0.3 is 16.2 Å². The SMILES string of the molecule is Cc1ccc(C(=O)NC(C(N)=S)C2CC2)c(O)c1. The summed E-state index contributed by atoms with van der Waals surface area (Å²) in [4.78, 5) is 12.3. The predicted molar refractivity (Wildman–Crippen MR) is 73.6 cm³/mol. The van der Waals surface area contributed by atoms with Crippen LogP contribution in [0.1, 0.15) is 28.8 Å². The number of rotatable bonds is 4. The van der Waals surface area contributed by atoms with Gasteiger partial charge in [0.15, 0.2) is 0 Å². The summed E-state index contributed by atoms with van der Waals surface area (Å²) in [5.41, 5.74) is 6.77. The Labute approximate surface area is 111 Å². The molecule has 1 aliphatic rings. The zero-order chi connectivity index (χ0) is 13.3. The van der Waals surface area contributed by atoms with Crippen molar-refractivity contribution in [1.82, 2.24) is 5.32 Å². The molecule has 0 aliphatic heterocycles. The maximum atomic E-state index is 12.0. The first-order valence-corrected chi connectivity index (χ1v) is 6.29. The minimum absolute atomic E-state index is 0.0232. The minimum Gasteiger partial charge on any atom is -0.507 e. The van der Waals surface area contributed by atoms with Gasteiger partial charge in [-0.3, -0.25) is 4.79 Å². The van der Waals surface area contributed by atoms with Gasteiger partial charge in [-0.15, -0.1) is 0 Å². The van der Waals surface area contributed by atoms with Gasteiger partial charge in [0.25, 0.3) is 5.91 Å². The van der Waals surface area contributed by atoms with Crippen molar-refractivity contribution in [1.29, 1.82) is 0 Å². The molecular weight excluding hydrogens is 248 g/mol. The van der Waals surface area contributed by atoms with Crippen molar-refractivity contribution in [3.63, 3.8) is 0 Å². The van der Waals surface area contributed by atoms with E-state index >= 15 is 0 Å². The van der Waals surface area contributed by atoms with Crippen LogP contribution in [0.5, 0.6) is 5.75 Å². The van der Waals surface area contributed by atoms with Crippen molar-refractivity contribution in [2.75, 3.05) is 0 Å². The minimum atomic E-state index is -0.336. The van der Waals surface area contributed by atoms with E-state index in [0.717, 1.165) is 18.4 Å². The summed E-state index contributed by atoms with van der Waals surface area (Å²) in [6.45, 7) is 1.85. The Morgan fingerprint density at radius 2 is 2.22 bits per heavy atom. The third-order valence-electron chi connectivity index (χ3n) is 3.08. The number of aromatic hydroxyl groups is 1. The van der Waals surface area contributed by atoms with Crippen molar-refractivity contribution in [2.24, 2.45) is 11.7 Å². The van der Waals surface area contributed by atoms with Crippen LogP contribution in [0, 0.1) is 12.8 Å². The lowest BCUT2D eigenvalue weighted by molar-refractivity contribution is 0.0941. The Hall–Kier alpha value is -1.62. The van der Waals surface area contributed by atoms with E-state index in [2.05, 4.69) is 5.32 Å². The summed E-state index contributed by atoms with van der Waals surface area (Å²) < 4.78 is 0. The first-order valence-electron chi connectivity index (χ1n) is 5.89. The van der Waals surface area contributed by atoms with Crippen molar-refractivity contribution in [3.05, 3.63) is 29.3 Å². The second-order valence-electron chi connectivity index (χ2n) is 4.71.